The molecule has 2 aliphatic heterocycles. The summed E-state index contributed by atoms with van der Waals surface area (Å²) in [6.07, 6.45) is 0.0183. The number of fused-ring (bicyclic) bond motifs is 1. The number of carbonyl (C=O) groups is 1. The first kappa shape index (κ1) is 16.8. The van der Waals surface area contributed by atoms with Crippen molar-refractivity contribution in [2.45, 2.75) is 31.6 Å². The van der Waals surface area contributed by atoms with Crippen molar-refractivity contribution in [3.8, 4) is 0 Å². The van der Waals surface area contributed by atoms with Gasteiger partial charge in [0.25, 0.3) is 5.72 Å². The maximum Gasteiger partial charge on any atom is 0.418 e. The van der Waals surface area contributed by atoms with Crippen LogP contribution < -0.4 is 4.90 Å². The molecule has 0 N–H and O–H groups in total. The van der Waals surface area contributed by atoms with E-state index in [1.807, 2.05) is 86.6 Å². The smallest absolute Gasteiger partial charge is 0.418 e. The summed E-state index contributed by atoms with van der Waals surface area (Å²) in [7, 11) is 0. The number of nitrogens with zero attached hydrogens (tertiary/aromatic N) is 2. The van der Waals surface area contributed by atoms with Crippen LogP contribution >= 0.6 is 0 Å². The minimum absolute atomic E-state index is 0.425. The van der Waals surface area contributed by atoms with E-state index in [2.05, 4.69) is 5.16 Å². The Balaban J connectivity index is 1.64. The third-order valence-electron chi connectivity index (χ3n) is 5.66. The summed E-state index contributed by atoms with van der Waals surface area (Å²) in [6.45, 7) is 3.75. The molecular formula is C23H20N2O3. The number of hydrogen-bond donors (Lipinski definition) is 0. The lowest BCUT2D eigenvalue weighted by molar-refractivity contribution is -0.111. The highest BCUT2D eigenvalue weighted by atomic mass is 16.7. The number of anilines is 1. The number of cyclic esters (lactones) is 1. The van der Waals surface area contributed by atoms with E-state index in [0.29, 0.717) is 6.42 Å². The highest BCUT2D eigenvalue weighted by Crippen LogP contribution is 2.49. The van der Waals surface area contributed by atoms with Gasteiger partial charge in [0.2, 0.25) is 0 Å². The molecule has 1 unspecified atom stereocenters. The van der Waals surface area contributed by atoms with Gasteiger partial charge in [0.15, 0.2) is 5.60 Å². The van der Waals surface area contributed by atoms with Crippen molar-refractivity contribution in [1.82, 2.24) is 0 Å². The standard InChI is InChI=1S/C23H20N2O3/c1-22(2)23(15-19(24-28-23)17-10-4-3-5-11-17)25(21(26)27-22)20-14-8-12-16-9-6-7-13-18(16)20/h3-14H,15H2,1-2H3. The van der Waals surface area contributed by atoms with Crippen molar-refractivity contribution >= 4 is 28.3 Å². The summed E-state index contributed by atoms with van der Waals surface area (Å²) < 4.78 is 5.78. The summed E-state index contributed by atoms with van der Waals surface area (Å²) in [6, 6.07) is 23.8. The fraction of sp³-hybridized carbons (Fsp3) is 0.217. The Morgan fingerprint density at radius 2 is 1.64 bits per heavy atom. The van der Waals surface area contributed by atoms with Gasteiger partial charge in [0.1, 0.15) is 0 Å². The van der Waals surface area contributed by atoms with E-state index in [-0.39, 0.29) is 0 Å². The number of oxime groups is 1. The first-order valence-corrected chi connectivity index (χ1v) is 9.33. The molecule has 2 aliphatic rings. The van der Waals surface area contributed by atoms with Crippen molar-refractivity contribution < 1.29 is 14.4 Å². The topological polar surface area (TPSA) is 51.1 Å². The normalized spacial score (nSPS) is 23.0. The lowest BCUT2D eigenvalue weighted by Gasteiger charge is -2.37. The number of ether oxygens (including phenoxy) is 1. The predicted molar refractivity (Wildman–Crippen MR) is 108 cm³/mol. The molecule has 1 saturated heterocycles. The lowest BCUT2D eigenvalue weighted by atomic mass is 9.87. The molecule has 1 amide bonds. The van der Waals surface area contributed by atoms with Gasteiger partial charge in [-0.15, -0.1) is 0 Å². The fourth-order valence-electron chi connectivity index (χ4n) is 4.11. The van der Waals surface area contributed by atoms with Crippen LogP contribution in [-0.2, 0) is 9.57 Å². The molecule has 1 fully saturated rings. The summed E-state index contributed by atoms with van der Waals surface area (Å²) in [5.74, 6) is 0. The molecule has 0 aromatic heterocycles. The highest BCUT2D eigenvalue weighted by Gasteiger charge is 2.66. The second kappa shape index (κ2) is 5.83. The number of hydrogen-bond acceptors (Lipinski definition) is 4. The van der Waals surface area contributed by atoms with Crippen LogP contribution in [0.5, 0.6) is 0 Å². The van der Waals surface area contributed by atoms with Gasteiger partial charge in [-0.25, -0.2) is 9.69 Å². The average molecular weight is 372 g/mol. The van der Waals surface area contributed by atoms with Gasteiger partial charge in [-0.05, 0) is 30.9 Å². The number of carbonyl (C=O) groups excluding carboxylic acids is 1. The highest BCUT2D eigenvalue weighted by molar-refractivity contribution is 6.07. The van der Waals surface area contributed by atoms with E-state index in [1.165, 1.54) is 0 Å². The third-order valence-corrected chi connectivity index (χ3v) is 5.66. The van der Waals surface area contributed by atoms with Crippen molar-refractivity contribution in [2.24, 2.45) is 5.16 Å². The predicted octanol–water partition coefficient (Wildman–Crippen LogP) is 5.10. The second-order valence-corrected chi connectivity index (χ2v) is 7.67. The Bertz CT molecular complexity index is 1100. The van der Waals surface area contributed by atoms with Gasteiger partial charge in [0.05, 0.1) is 17.8 Å². The van der Waals surface area contributed by atoms with Crippen LogP contribution in [0.3, 0.4) is 0 Å². The van der Waals surface area contributed by atoms with Crippen LogP contribution in [0.1, 0.15) is 25.8 Å². The summed E-state index contributed by atoms with van der Waals surface area (Å²) in [5.41, 5.74) is 0.628. The van der Waals surface area contributed by atoms with E-state index in [9.17, 15) is 4.79 Å². The first-order valence-electron chi connectivity index (χ1n) is 9.33. The molecule has 5 nitrogen and oxygen atoms in total. The first-order chi connectivity index (χ1) is 13.5. The average Bonchev–Trinajstić information content (AvgIpc) is 3.23. The summed E-state index contributed by atoms with van der Waals surface area (Å²) >= 11 is 0. The molecule has 2 heterocycles. The fourth-order valence-corrected chi connectivity index (χ4v) is 4.11. The van der Waals surface area contributed by atoms with E-state index in [1.54, 1.807) is 4.90 Å². The number of amides is 1. The Hall–Kier alpha value is -3.34. The molecule has 3 aromatic carbocycles. The molecule has 5 rings (SSSR count). The molecule has 140 valence electrons. The van der Waals surface area contributed by atoms with E-state index in [4.69, 9.17) is 9.57 Å². The van der Waals surface area contributed by atoms with Crippen LogP contribution in [0, 0.1) is 0 Å². The zero-order valence-electron chi connectivity index (χ0n) is 15.8. The quantitative estimate of drug-likeness (QED) is 0.629. The Kier molecular flexibility index (Phi) is 3.50. The largest absolute Gasteiger partial charge is 0.437 e. The van der Waals surface area contributed by atoms with Gasteiger partial charge >= 0.3 is 6.09 Å². The van der Waals surface area contributed by atoms with Gasteiger partial charge in [-0.1, -0.05) is 71.9 Å². The minimum atomic E-state index is -1.04. The maximum absolute atomic E-state index is 13.0. The zero-order chi connectivity index (χ0) is 19.4. The van der Waals surface area contributed by atoms with Crippen molar-refractivity contribution in [1.29, 1.82) is 0 Å². The van der Waals surface area contributed by atoms with E-state index in [0.717, 1.165) is 27.7 Å². The van der Waals surface area contributed by atoms with E-state index < -0.39 is 17.4 Å². The Morgan fingerprint density at radius 1 is 0.929 bits per heavy atom. The monoisotopic (exact) mass is 372 g/mol. The minimum Gasteiger partial charge on any atom is -0.437 e. The van der Waals surface area contributed by atoms with Crippen LogP contribution in [0.4, 0.5) is 10.5 Å². The van der Waals surface area contributed by atoms with Gasteiger partial charge in [-0.2, -0.15) is 0 Å². The molecule has 0 radical (unpaired) electrons. The molecule has 3 aromatic rings. The van der Waals surface area contributed by atoms with Crippen molar-refractivity contribution in [2.75, 3.05) is 4.90 Å². The molecular weight excluding hydrogens is 352 g/mol. The van der Waals surface area contributed by atoms with E-state index >= 15 is 0 Å². The molecule has 0 bridgehead atoms. The zero-order valence-corrected chi connectivity index (χ0v) is 15.8. The maximum atomic E-state index is 13.0. The summed E-state index contributed by atoms with van der Waals surface area (Å²) in [5, 5.41) is 6.39. The molecule has 0 saturated carbocycles. The Labute approximate surface area is 163 Å². The van der Waals surface area contributed by atoms with Crippen LogP contribution in [0.2, 0.25) is 0 Å². The van der Waals surface area contributed by atoms with Crippen LogP contribution in [0.25, 0.3) is 10.8 Å². The lowest BCUT2D eigenvalue weighted by Crippen LogP contribution is -2.56. The molecule has 1 spiro atoms. The SMILES string of the molecule is CC1(C)OC(=O)N(c2cccc3ccccc23)C12CC(c1ccccc1)=NO2. The summed E-state index contributed by atoms with van der Waals surface area (Å²) in [4.78, 5) is 20.7. The van der Waals surface area contributed by atoms with Gasteiger partial charge < -0.3 is 9.57 Å². The molecule has 28 heavy (non-hydrogen) atoms. The van der Waals surface area contributed by atoms with Crippen LogP contribution in [0.15, 0.2) is 78.0 Å². The molecule has 5 heteroatoms. The third kappa shape index (κ3) is 2.26. The van der Waals surface area contributed by atoms with Crippen molar-refractivity contribution in [3.05, 3.63) is 78.4 Å². The number of benzene rings is 3. The van der Waals surface area contributed by atoms with Crippen LogP contribution in [-0.4, -0.2) is 23.1 Å². The number of rotatable bonds is 2. The van der Waals surface area contributed by atoms with Gasteiger partial charge in [-0.3, -0.25) is 0 Å². The Morgan fingerprint density at radius 3 is 2.46 bits per heavy atom. The second-order valence-electron chi connectivity index (χ2n) is 7.67. The molecule has 1 atom stereocenters. The van der Waals surface area contributed by atoms with Crippen molar-refractivity contribution in [3.63, 3.8) is 0 Å². The molecule has 0 aliphatic carbocycles. The van der Waals surface area contributed by atoms with Gasteiger partial charge in [0, 0.05) is 5.39 Å².